The third-order valence-corrected chi connectivity index (χ3v) is 3.67. The summed E-state index contributed by atoms with van der Waals surface area (Å²) in [6.07, 6.45) is 3.25. The van der Waals surface area contributed by atoms with Crippen molar-refractivity contribution in [2.45, 2.75) is 6.54 Å². The SMILES string of the molecule is CN(Cc1ccoc1)C(=O)c1csc(Br)c1. The molecule has 0 bridgehead atoms. The van der Waals surface area contributed by atoms with E-state index in [-0.39, 0.29) is 5.91 Å². The number of carbonyl (C=O) groups excluding carboxylic acids is 1. The van der Waals surface area contributed by atoms with Crippen molar-refractivity contribution in [2.75, 3.05) is 7.05 Å². The number of furan rings is 1. The zero-order chi connectivity index (χ0) is 11.5. The van der Waals surface area contributed by atoms with Crippen molar-refractivity contribution >= 4 is 33.2 Å². The quantitative estimate of drug-likeness (QED) is 0.870. The molecule has 0 aromatic carbocycles. The molecule has 2 aromatic rings. The molecule has 0 saturated heterocycles. The van der Waals surface area contributed by atoms with Gasteiger partial charge in [0.2, 0.25) is 0 Å². The topological polar surface area (TPSA) is 33.5 Å². The first-order valence-corrected chi connectivity index (χ1v) is 6.34. The second-order valence-corrected chi connectivity index (χ2v) is 5.72. The van der Waals surface area contributed by atoms with Crippen LogP contribution in [-0.2, 0) is 6.54 Å². The van der Waals surface area contributed by atoms with Crippen molar-refractivity contribution in [1.82, 2.24) is 4.90 Å². The molecule has 0 aliphatic rings. The molecule has 1 amide bonds. The van der Waals surface area contributed by atoms with Gasteiger partial charge in [-0.05, 0) is 28.1 Å². The van der Waals surface area contributed by atoms with Crippen molar-refractivity contribution in [3.8, 4) is 0 Å². The van der Waals surface area contributed by atoms with Gasteiger partial charge in [-0.25, -0.2) is 0 Å². The van der Waals surface area contributed by atoms with Gasteiger partial charge in [-0.2, -0.15) is 0 Å². The van der Waals surface area contributed by atoms with E-state index in [1.165, 1.54) is 11.3 Å². The van der Waals surface area contributed by atoms with Crippen LogP contribution in [-0.4, -0.2) is 17.9 Å². The van der Waals surface area contributed by atoms with E-state index >= 15 is 0 Å². The van der Waals surface area contributed by atoms with Crippen LogP contribution in [0.4, 0.5) is 0 Å². The Morgan fingerprint density at radius 1 is 1.62 bits per heavy atom. The largest absolute Gasteiger partial charge is 0.472 e. The second kappa shape index (κ2) is 4.84. The van der Waals surface area contributed by atoms with Crippen LogP contribution in [0.25, 0.3) is 0 Å². The Balaban J connectivity index is 2.05. The van der Waals surface area contributed by atoms with Crippen molar-refractivity contribution in [2.24, 2.45) is 0 Å². The Hall–Kier alpha value is -1.07. The summed E-state index contributed by atoms with van der Waals surface area (Å²) in [7, 11) is 1.78. The third kappa shape index (κ3) is 2.54. The number of halogens is 1. The average Bonchev–Trinajstić information content (AvgIpc) is 2.88. The summed E-state index contributed by atoms with van der Waals surface area (Å²) in [6.45, 7) is 0.558. The molecular weight excluding hydrogens is 290 g/mol. The van der Waals surface area contributed by atoms with Gasteiger partial charge in [0.05, 0.1) is 21.9 Å². The fraction of sp³-hybridized carbons (Fsp3) is 0.182. The van der Waals surface area contributed by atoms with Crippen molar-refractivity contribution in [1.29, 1.82) is 0 Å². The highest BCUT2D eigenvalue weighted by Gasteiger charge is 2.13. The van der Waals surface area contributed by atoms with E-state index in [1.807, 2.05) is 17.5 Å². The highest BCUT2D eigenvalue weighted by Crippen LogP contribution is 2.21. The van der Waals surface area contributed by atoms with Gasteiger partial charge < -0.3 is 9.32 Å². The highest BCUT2D eigenvalue weighted by atomic mass is 79.9. The normalized spacial score (nSPS) is 10.4. The van der Waals surface area contributed by atoms with Crippen LogP contribution in [0.2, 0.25) is 0 Å². The lowest BCUT2D eigenvalue weighted by Crippen LogP contribution is -2.25. The van der Waals surface area contributed by atoms with Crippen LogP contribution in [0.3, 0.4) is 0 Å². The van der Waals surface area contributed by atoms with Crippen LogP contribution in [0, 0.1) is 0 Å². The summed E-state index contributed by atoms with van der Waals surface area (Å²) in [5.74, 6) is 0.0168. The van der Waals surface area contributed by atoms with Gasteiger partial charge in [0.1, 0.15) is 0 Å². The van der Waals surface area contributed by atoms with E-state index in [0.29, 0.717) is 12.1 Å². The van der Waals surface area contributed by atoms with Gasteiger partial charge in [-0.15, -0.1) is 11.3 Å². The number of hydrogen-bond acceptors (Lipinski definition) is 3. The lowest BCUT2D eigenvalue weighted by Gasteiger charge is -2.14. The fourth-order valence-corrected chi connectivity index (χ4v) is 2.50. The molecule has 3 nitrogen and oxygen atoms in total. The van der Waals surface area contributed by atoms with Crippen LogP contribution in [0.1, 0.15) is 15.9 Å². The molecule has 5 heteroatoms. The van der Waals surface area contributed by atoms with Crippen LogP contribution in [0.5, 0.6) is 0 Å². The summed E-state index contributed by atoms with van der Waals surface area (Å²) in [5, 5.41) is 1.85. The van der Waals surface area contributed by atoms with E-state index in [9.17, 15) is 4.79 Å². The Morgan fingerprint density at radius 2 is 2.44 bits per heavy atom. The molecule has 0 unspecified atom stereocenters. The number of amides is 1. The van der Waals surface area contributed by atoms with E-state index in [4.69, 9.17) is 4.42 Å². The van der Waals surface area contributed by atoms with Gasteiger partial charge in [-0.1, -0.05) is 0 Å². The second-order valence-electron chi connectivity index (χ2n) is 3.43. The number of nitrogens with zero attached hydrogens (tertiary/aromatic N) is 1. The summed E-state index contributed by atoms with van der Waals surface area (Å²) in [6, 6.07) is 3.69. The zero-order valence-electron chi connectivity index (χ0n) is 8.64. The maximum atomic E-state index is 12.0. The first-order chi connectivity index (χ1) is 7.66. The van der Waals surface area contributed by atoms with E-state index in [2.05, 4.69) is 15.9 Å². The maximum Gasteiger partial charge on any atom is 0.254 e. The molecule has 0 aliphatic carbocycles. The maximum absolute atomic E-state index is 12.0. The smallest absolute Gasteiger partial charge is 0.254 e. The minimum Gasteiger partial charge on any atom is -0.472 e. The molecule has 0 fully saturated rings. The first-order valence-electron chi connectivity index (χ1n) is 4.67. The Labute approximate surface area is 106 Å². The first kappa shape index (κ1) is 11.4. The number of hydrogen-bond donors (Lipinski definition) is 0. The fourth-order valence-electron chi connectivity index (χ4n) is 1.37. The standard InChI is InChI=1S/C11H10BrNO2S/c1-13(5-8-2-3-15-6-8)11(14)9-4-10(12)16-7-9/h2-4,6-7H,5H2,1H3. The van der Waals surface area contributed by atoms with Crippen molar-refractivity contribution in [3.63, 3.8) is 0 Å². The number of thiophene rings is 1. The monoisotopic (exact) mass is 299 g/mol. The van der Waals surface area contributed by atoms with E-state index in [0.717, 1.165) is 9.35 Å². The molecule has 0 spiro atoms. The predicted octanol–water partition coefficient (Wildman–Crippen LogP) is 3.38. The van der Waals surface area contributed by atoms with Gasteiger partial charge in [0, 0.05) is 24.5 Å². The Morgan fingerprint density at radius 3 is 3.00 bits per heavy atom. The molecule has 0 atom stereocenters. The summed E-state index contributed by atoms with van der Waals surface area (Å²) < 4.78 is 5.93. The lowest BCUT2D eigenvalue weighted by atomic mass is 10.2. The number of carbonyl (C=O) groups is 1. The molecule has 0 radical (unpaired) electrons. The summed E-state index contributed by atoms with van der Waals surface area (Å²) >= 11 is 4.85. The highest BCUT2D eigenvalue weighted by molar-refractivity contribution is 9.11. The zero-order valence-corrected chi connectivity index (χ0v) is 11.0. The van der Waals surface area contributed by atoms with Crippen molar-refractivity contribution < 1.29 is 9.21 Å². The molecule has 16 heavy (non-hydrogen) atoms. The minimum absolute atomic E-state index is 0.0168. The molecule has 0 saturated carbocycles. The van der Waals surface area contributed by atoms with Crippen LogP contribution >= 0.6 is 27.3 Å². The van der Waals surface area contributed by atoms with E-state index in [1.54, 1.807) is 24.5 Å². The van der Waals surface area contributed by atoms with Crippen LogP contribution in [0.15, 0.2) is 38.2 Å². The summed E-state index contributed by atoms with van der Waals surface area (Å²) in [4.78, 5) is 13.6. The lowest BCUT2D eigenvalue weighted by molar-refractivity contribution is 0.0785. The number of rotatable bonds is 3. The molecule has 84 valence electrons. The van der Waals surface area contributed by atoms with Crippen LogP contribution < -0.4 is 0 Å². The minimum atomic E-state index is 0.0168. The molecule has 2 rings (SSSR count). The van der Waals surface area contributed by atoms with E-state index < -0.39 is 0 Å². The summed E-state index contributed by atoms with van der Waals surface area (Å²) in [5.41, 5.74) is 1.70. The molecular formula is C11H10BrNO2S. The average molecular weight is 300 g/mol. The Bertz CT molecular complexity index is 478. The Kier molecular flexibility index (Phi) is 3.46. The molecule has 2 heterocycles. The molecule has 2 aromatic heterocycles. The van der Waals surface area contributed by atoms with Gasteiger partial charge in [0.25, 0.3) is 5.91 Å². The van der Waals surface area contributed by atoms with Gasteiger partial charge in [-0.3, -0.25) is 4.79 Å². The van der Waals surface area contributed by atoms with Gasteiger partial charge >= 0.3 is 0 Å². The molecule has 0 aliphatic heterocycles. The predicted molar refractivity (Wildman–Crippen MR) is 66.5 cm³/mol. The van der Waals surface area contributed by atoms with Gasteiger partial charge in [0.15, 0.2) is 0 Å². The van der Waals surface area contributed by atoms with Crippen molar-refractivity contribution in [3.05, 3.63) is 45.0 Å². The molecule has 0 N–H and O–H groups in total. The third-order valence-electron chi connectivity index (χ3n) is 2.16.